The minimum atomic E-state index is -0.127. The number of hydrogen-bond acceptors (Lipinski definition) is 3. The molecule has 0 fully saturated rings. The fourth-order valence-electron chi connectivity index (χ4n) is 2.27. The number of nitrogens with zero attached hydrogens (tertiary/aromatic N) is 3. The van der Waals surface area contributed by atoms with E-state index in [-0.39, 0.29) is 5.56 Å². The van der Waals surface area contributed by atoms with Crippen LogP contribution in [0.1, 0.15) is 16.8 Å². The summed E-state index contributed by atoms with van der Waals surface area (Å²) in [6.07, 6.45) is 3.22. The summed E-state index contributed by atoms with van der Waals surface area (Å²) < 4.78 is 2.43. The highest BCUT2D eigenvalue weighted by molar-refractivity contribution is 9.10. The van der Waals surface area contributed by atoms with Gasteiger partial charge in [0.15, 0.2) is 5.82 Å². The van der Waals surface area contributed by atoms with Crippen molar-refractivity contribution in [2.75, 3.05) is 0 Å². The van der Waals surface area contributed by atoms with E-state index in [1.54, 1.807) is 23.2 Å². The lowest BCUT2D eigenvalue weighted by molar-refractivity contribution is 0.829. The van der Waals surface area contributed by atoms with Crippen LogP contribution in [-0.2, 0) is 0 Å². The number of halogens is 1. The third kappa shape index (κ3) is 3.17. The van der Waals surface area contributed by atoms with Gasteiger partial charge in [0.2, 0.25) is 0 Å². The van der Waals surface area contributed by atoms with E-state index in [1.807, 2.05) is 44.2 Å². The molecule has 0 aliphatic rings. The van der Waals surface area contributed by atoms with E-state index in [0.29, 0.717) is 11.4 Å². The molecule has 0 aliphatic heterocycles. The zero-order chi connectivity index (χ0) is 16.4. The molecule has 0 saturated carbocycles. The van der Waals surface area contributed by atoms with E-state index in [9.17, 15) is 4.79 Å². The third-order valence-electron chi connectivity index (χ3n) is 3.51. The van der Waals surface area contributed by atoms with Crippen molar-refractivity contribution in [2.24, 2.45) is 4.99 Å². The first-order valence-electron chi connectivity index (χ1n) is 7.09. The maximum atomic E-state index is 12.6. The summed E-state index contributed by atoms with van der Waals surface area (Å²) in [5, 5.41) is 3.10. The minimum Gasteiger partial charge on any atom is -0.295 e. The highest BCUT2D eigenvalue weighted by atomic mass is 79.9. The predicted octanol–water partition coefficient (Wildman–Crippen LogP) is 3.69. The number of hydrogen-bond donors (Lipinski definition) is 1. The van der Waals surface area contributed by atoms with E-state index < -0.39 is 0 Å². The molecule has 3 aromatic rings. The summed E-state index contributed by atoms with van der Waals surface area (Å²) in [7, 11) is 0. The molecule has 1 aromatic carbocycles. The number of pyridine rings is 1. The molecule has 0 radical (unpaired) electrons. The van der Waals surface area contributed by atoms with Crippen LogP contribution in [0.2, 0.25) is 0 Å². The Morgan fingerprint density at radius 3 is 2.70 bits per heavy atom. The lowest BCUT2D eigenvalue weighted by Crippen LogP contribution is -2.18. The Labute approximate surface area is 141 Å². The van der Waals surface area contributed by atoms with Crippen LogP contribution in [-0.4, -0.2) is 21.0 Å². The number of H-pyrrole nitrogens is 1. The molecule has 0 saturated heterocycles. The van der Waals surface area contributed by atoms with Gasteiger partial charge in [0.25, 0.3) is 5.56 Å². The number of aryl methyl sites for hydroxylation is 2. The van der Waals surface area contributed by atoms with Crippen molar-refractivity contribution in [1.29, 1.82) is 0 Å². The van der Waals surface area contributed by atoms with Crippen molar-refractivity contribution >= 4 is 28.0 Å². The molecule has 3 rings (SSSR count). The van der Waals surface area contributed by atoms with Crippen molar-refractivity contribution in [3.63, 3.8) is 0 Å². The first-order chi connectivity index (χ1) is 11.1. The maximum Gasteiger partial charge on any atom is 0.280 e. The molecule has 0 amide bonds. The van der Waals surface area contributed by atoms with Crippen molar-refractivity contribution in [2.45, 2.75) is 13.8 Å². The summed E-state index contributed by atoms with van der Waals surface area (Å²) in [4.78, 5) is 21.1. The average molecular weight is 371 g/mol. The Kier molecular flexibility index (Phi) is 4.25. The molecule has 116 valence electrons. The van der Waals surface area contributed by atoms with Crippen molar-refractivity contribution in [3.8, 4) is 5.69 Å². The van der Waals surface area contributed by atoms with Crippen LogP contribution < -0.4 is 5.56 Å². The highest BCUT2D eigenvalue weighted by Gasteiger charge is 2.11. The number of benzene rings is 1. The van der Waals surface area contributed by atoms with Gasteiger partial charge in [0.05, 0.1) is 11.3 Å². The topological polar surface area (TPSA) is 63.0 Å². The zero-order valence-electron chi connectivity index (χ0n) is 12.7. The molecular formula is C17H15BrN4O. The second-order valence-electron chi connectivity index (χ2n) is 5.17. The van der Waals surface area contributed by atoms with Crippen LogP contribution in [0.4, 0.5) is 5.82 Å². The number of nitrogens with one attached hydrogen (secondary N) is 1. The van der Waals surface area contributed by atoms with Gasteiger partial charge in [-0.3, -0.25) is 9.89 Å². The third-order valence-corrected chi connectivity index (χ3v) is 3.98. The monoisotopic (exact) mass is 370 g/mol. The standard InChI is InChI=1S/C17H15BrN4O/c1-11-5-3-4-6-15(11)22-17(23)14(12(2)21-22)10-20-16-8-7-13(18)9-19-16/h3-10,21H,1-2H3. The Balaban J connectivity index is 2.00. The summed E-state index contributed by atoms with van der Waals surface area (Å²) in [5.41, 5.74) is 3.02. The SMILES string of the molecule is Cc1ccccc1-n1[nH]c(C)c(C=Nc2ccc(Br)cn2)c1=O. The molecule has 2 aromatic heterocycles. The number of aromatic amines is 1. The number of rotatable bonds is 3. The van der Waals surface area contributed by atoms with E-state index in [0.717, 1.165) is 21.4 Å². The molecular weight excluding hydrogens is 356 g/mol. The molecule has 1 N–H and O–H groups in total. The van der Waals surface area contributed by atoms with Gasteiger partial charge in [-0.1, -0.05) is 18.2 Å². The number of aliphatic imine (C=N–C) groups is 1. The molecule has 5 nitrogen and oxygen atoms in total. The fourth-order valence-corrected chi connectivity index (χ4v) is 2.51. The Bertz CT molecular complexity index is 923. The lowest BCUT2D eigenvalue weighted by Gasteiger charge is -2.04. The van der Waals surface area contributed by atoms with Gasteiger partial charge in [0.1, 0.15) is 0 Å². The molecule has 23 heavy (non-hydrogen) atoms. The van der Waals surface area contributed by atoms with Gasteiger partial charge in [-0.25, -0.2) is 14.7 Å². The van der Waals surface area contributed by atoms with Crippen LogP contribution in [0.25, 0.3) is 5.69 Å². The maximum absolute atomic E-state index is 12.6. The first kappa shape index (κ1) is 15.4. The summed E-state index contributed by atoms with van der Waals surface area (Å²) in [6, 6.07) is 11.4. The number of aromatic nitrogens is 3. The largest absolute Gasteiger partial charge is 0.295 e. The molecule has 0 bridgehead atoms. The fraction of sp³-hybridized carbons (Fsp3) is 0.118. The van der Waals surface area contributed by atoms with Gasteiger partial charge >= 0.3 is 0 Å². The molecule has 2 heterocycles. The molecule has 0 atom stereocenters. The van der Waals surface area contributed by atoms with Gasteiger partial charge in [0, 0.05) is 22.6 Å². The van der Waals surface area contributed by atoms with Crippen LogP contribution in [0.15, 0.2) is 56.9 Å². The van der Waals surface area contributed by atoms with Crippen molar-refractivity contribution in [1.82, 2.24) is 14.8 Å². The van der Waals surface area contributed by atoms with Gasteiger partial charge in [-0.05, 0) is 53.5 Å². The van der Waals surface area contributed by atoms with Crippen molar-refractivity contribution < 1.29 is 0 Å². The van der Waals surface area contributed by atoms with E-state index in [4.69, 9.17) is 0 Å². The highest BCUT2D eigenvalue weighted by Crippen LogP contribution is 2.14. The smallest absolute Gasteiger partial charge is 0.280 e. The molecule has 6 heteroatoms. The van der Waals surface area contributed by atoms with Gasteiger partial charge in [-0.2, -0.15) is 0 Å². The van der Waals surface area contributed by atoms with Crippen LogP contribution >= 0.6 is 15.9 Å². The normalized spacial score (nSPS) is 11.3. The predicted molar refractivity (Wildman–Crippen MR) is 95.1 cm³/mol. The molecule has 0 unspecified atom stereocenters. The number of para-hydroxylation sites is 1. The van der Waals surface area contributed by atoms with Gasteiger partial charge in [-0.15, -0.1) is 0 Å². The van der Waals surface area contributed by atoms with E-state index >= 15 is 0 Å². The van der Waals surface area contributed by atoms with E-state index in [2.05, 4.69) is 31.0 Å². The Morgan fingerprint density at radius 1 is 1.22 bits per heavy atom. The van der Waals surface area contributed by atoms with Crippen LogP contribution in [0.3, 0.4) is 0 Å². The summed E-state index contributed by atoms with van der Waals surface area (Å²) in [6.45, 7) is 3.82. The van der Waals surface area contributed by atoms with Crippen LogP contribution in [0.5, 0.6) is 0 Å². The Morgan fingerprint density at radius 2 is 2.00 bits per heavy atom. The summed E-state index contributed by atoms with van der Waals surface area (Å²) >= 11 is 3.33. The van der Waals surface area contributed by atoms with Crippen LogP contribution in [0, 0.1) is 13.8 Å². The first-order valence-corrected chi connectivity index (χ1v) is 7.89. The molecule has 0 aliphatic carbocycles. The lowest BCUT2D eigenvalue weighted by atomic mass is 10.2. The second-order valence-corrected chi connectivity index (χ2v) is 6.09. The van der Waals surface area contributed by atoms with E-state index in [1.165, 1.54) is 0 Å². The summed E-state index contributed by atoms with van der Waals surface area (Å²) in [5.74, 6) is 0.552. The Hall–Kier alpha value is -2.47. The second kappa shape index (κ2) is 6.34. The average Bonchev–Trinajstić information content (AvgIpc) is 2.82. The zero-order valence-corrected chi connectivity index (χ0v) is 14.3. The van der Waals surface area contributed by atoms with Gasteiger partial charge < -0.3 is 0 Å². The quantitative estimate of drug-likeness (QED) is 0.714. The minimum absolute atomic E-state index is 0.127. The van der Waals surface area contributed by atoms with Crippen molar-refractivity contribution in [3.05, 3.63) is 74.2 Å². The molecule has 0 spiro atoms.